The number of aryl methyl sites for hydroxylation is 1. The maximum absolute atomic E-state index is 10.8. The zero-order chi connectivity index (χ0) is 13.7. The fraction of sp³-hybridized carbons (Fsp3) is 0.231. The Balaban J connectivity index is 2.17. The second kappa shape index (κ2) is 5.90. The highest BCUT2D eigenvalue weighted by Crippen LogP contribution is 2.21. The number of hydrogen-bond donors (Lipinski definition) is 1. The molecule has 2 aromatic rings. The van der Waals surface area contributed by atoms with Crippen LogP contribution in [-0.4, -0.2) is 14.9 Å². The molecule has 98 valence electrons. The second-order valence-electron chi connectivity index (χ2n) is 3.95. The zero-order valence-corrected chi connectivity index (χ0v) is 10.5. The number of hydrogen-bond acceptors (Lipinski definition) is 5. The number of anilines is 1. The van der Waals surface area contributed by atoms with Crippen LogP contribution in [0.5, 0.6) is 0 Å². The molecule has 0 spiro atoms. The van der Waals surface area contributed by atoms with Crippen molar-refractivity contribution in [3.8, 4) is 0 Å². The lowest BCUT2D eigenvalue weighted by atomic mass is 10.1. The zero-order valence-electron chi connectivity index (χ0n) is 10.5. The van der Waals surface area contributed by atoms with E-state index in [1.54, 1.807) is 18.3 Å². The Labute approximate surface area is 110 Å². The van der Waals surface area contributed by atoms with E-state index in [1.807, 2.05) is 19.1 Å². The van der Waals surface area contributed by atoms with E-state index in [0.29, 0.717) is 12.2 Å². The molecule has 2 rings (SSSR count). The molecule has 2 aromatic heterocycles. The Morgan fingerprint density at radius 3 is 2.74 bits per heavy atom. The van der Waals surface area contributed by atoms with Gasteiger partial charge in [-0.15, -0.1) is 0 Å². The number of nitrogens with zero attached hydrogens (tertiary/aromatic N) is 3. The summed E-state index contributed by atoms with van der Waals surface area (Å²) in [6, 6.07) is 7.19. The molecule has 0 aromatic carbocycles. The molecule has 0 fully saturated rings. The summed E-state index contributed by atoms with van der Waals surface area (Å²) in [6.45, 7) is 2.49. The van der Waals surface area contributed by atoms with Crippen LogP contribution in [-0.2, 0) is 13.0 Å². The fourth-order valence-corrected chi connectivity index (χ4v) is 1.81. The molecule has 19 heavy (non-hydrogen) atoms. The topological polar surface area (TPSA) is 81.0 Å². The van der Waals surface area contributed by atoms with Gasteiger partial charge >= 0.3 is 5.82 Å². The molecule has 0 saturated carbocycles. The van der Waals surface area contributed by atoms with E-state index in [2.05, 4.69) is 15.3 Å². The molecule has 0 aliphatic heterocycles. The molecule has 0 amide bonds. The van der Waals surface area contributed by atoms with Crippen molar-refractivity contribution < 1.29 is 4.92 Å². The van der Waals surface area contributed by atoms with Gasteiger partial charge in [-0.1, -0.05) is 13.0 Å². The molecule has 6 heteroatoms. The second-order valence-corrected chi connectivity index (χ2v) is 3.95. The number of nitro groups is 1. The Morgan fingerprint density at radius 2 is 2.00 bits per heavy atom. The van der Waals surface area contributed by atoms with Crippen LogP contribution < -0.4 is 5.32 Å². The van der Waals surface area contributed by atoms with Crippen molar-refractivity contribution >= 4 is 11.5 Å². The van der Waals surface area contributed by atoms with Gasteiger partial charge in [-0.05, 0) is 40.1 Å². The van der Waals surface area contributed by atoms with E-state index in [1.165, 1.54) is 6.20 Å². The molecule has 0 atom stereocenters. The van der Waals surface area contributed by atoms with E-state index in [0.717, 1.165) is 17.7 Å². The summed E-state index contributed by atoms with van der Waals surface area (Å²) in [5.74, 6) is -0.170. The van der Waals surface area contributed by atoms with Crippen LogP contribution in [0, 0.1) is 10.1 Å². The predicted molar refractivity (Wildman–Crippen MR) is 71.8 cm³/mol. The van der Waals surface area contributed by atoms with Gasteiger partial charge in [-0.3, -0.25) is 4.98 Å². The first-order valence-electron chi connectivity index (χ1n) is 5.98. The molecular formula is C13H14N4O2. The number of rotatable bonds is 5. The number of nitrogens with one attached hydrogen (secondary N) is 1. The lowest BCUT2D eigenvalue weighted by Gasteiger charge is -2.09. The van der Waals surface area contributed by atoms with Gasteiger partial charge in [0.1, 0.15) is 11.9 Å². The van der Waals surface area contributed by atoms with Gasteiger partial charge < -0.3 is 15.4 Å². The van der Waals surface area contributed by atoms with E-state index >= 15 is 0 Å². The molecule has 0 aliphatic rings. The van der Waals surface area contributed by atoms with Crippen molar-refractivity contribution in [1.82, 2.24) is 9.97 Å². The molecule has 1 N–H and O–H groups in total. The van der Waals surface area contributed by atoms with Gasteiger partial charge in [0, 0.05) is 6.20 Å². The van der Waals surface area contributed by atoms with Crippen molar-refractivity contribution in [3.63, 3.8) is 0 Å². The molecular weight excluding hydrogens is 244 g/mol. The van der Waals surface area contributed by atoms with Crippen LogP contribution in [0.15, 0.2) is 36.7 Å². The molecule has 2 heterocycles. The van der Waals surface area contributed by atoms with Crippen molar-refractivity contribution in [1.29, 1.82) is 0 Å². The van der Waals surface area contributed by atoms with E-state index in [-0.39, 0.29) is 5.82 Å². The van der Waals surface area contributed by atoms with Gasteiger partial charge in [0.2, 0.25) is 0 Å². The average molecular weight is 258 g/mol. The van der Waals surface area contributed by atoms with Crippen LogP contribution in [0.1, 0.15) is 18.2 Å². The minimum atomic E-state index is -0.499. The quantitative estimate of drug-likeness (QED) is 0.658. The van der Waals surface area contributed by atoms with Crippen LogP contribution in [0.3, 0.4) is 0 Å². The van der Waals surface area contributed by atoms with Crippen LogP contribution in [0.4, 0.5) is 11.5 Å². The maximum Gasteiger partial charge on any atom is 0.386 e. The standard InChI is InChI=1S/C13H14N4O2/c1-2-10-5-3-7-14-12(10)9-16-11-6-4-8-15-13(11)17(18)19/h3-8,16H,2,9H2,1H3. The monoisotopic (exact) mass is 258 g/mol. The third kappa shape index (κ3) is 3.04. The largest absolute Gasteiger partial charge is 0.386 e. The Morgan fingerprint density at radius 1 is 1.26 bits per heavy atom. The van der Waals surface area contributed by atoms with E-state index < -0.39 is 4.92 Å². The minimum Gasteiger partial charge on any atom is -0.372 e. The summed E-state index contributed by atoms with van der Waals surface area (Å²) in [6.07, 6.45) is 4.00. The summed E-state index contributed by atoms with van der Waals surface area (Å²) in [4.78, 5) is 18.4. The summed E-state index contributed by atoms with van der Waals surface area (Å²) in [5.41, 5.74) is 2.42. The Bertz CT molecular complexity index is 586. The highest BCUT2D eigenvalue weighted by Gasteiger charge is 2.14. The first kappa shape index (κ1) is 12.9. The smallest absolute Gasteiger partial charge is 0.372 e. The fourth-order valence-electron chi connectivity index (χ4n) is 1.81. The lowest BCUT2D eigenvalue weighted by molar-refractivity contribution is -0.388. The van der Waals surface area contributed by atoms with Crippen molar-refractivity contribution in [2.45, 2.75) is 19.9 Å². The SMILES string of the molecule is CCc1cccnc1CNc1cccnc1[N+](=O)[O-]. The predicted octanol–water partition coefficient (Wildman–Crippen LogP) is 2.56. The molecule has 0 unspecified atom stereocenters. The maximum atomic E-state index is 10.8. The van der Waals surface area contributed by atoms with Crippen LogP contribution >= 0.6 is 0 Å². The molecule has 0 bridgehead atoms. The number of pyridine rings is 2. The van der Waals surface area contributed by atoms with Crippen LogP contribution in [0.2, 0.25) is 0 Å². The summed E-state index contributed by atoms with van der Waals surface area (Å²) in [5, 5.41) is 13.9. The van der Waals surface area contributed by atoms with Gasteiger partial charge in [-0.2, -0.15) is 0 Å². The first-order valence-corrected chi connectivity index (χ1v) is 5.98. The van der Waals surface area contributed by atoms with Gasteiger partial charge in [0.15, 0.2) is 0 Å². The third-order valence-electron chi connectivity index (χ3n) is 2.77. The van der Waals surface area contributed by atoms with Gasteiger partial charge in [0.05, 0.1) is 12.2 Å². The van der Waals surface area contributed by atoms with Crippen molar-refractivity contribution in [2.24, 2.45) is 0 Å². The minimum absolute atomic E-state index is 0.170. The van der Waals surface area contributed by atoms with Crippen molar-refractivity contribution in [3.05, 3.63) is 58.0 Å². The molecule has 6 nitrogen and oxygen atoms in total. The van der Waals surface area contributed by atoms with Gasteiger partial charge in [0.25, 0.3) is 0 Å². The Hall–Kier alpha value is -2.50. The van der Waals surface area contributed by atoms with E-state index in [4.69, 9.17) is 0 Å². The first-order chi connectivity index (χ1) is 9.22. The average Bonchev–Trinajstić information content (AvgIpc) is 2.45. The molecule has 0 radical (unpaired) electrons. The summed E-state index contributed by atoms with van der Waals surface area (Å²) < 4.78 is 0. The normalized spacial score (nSPS) is 10.2. The highest BCUT2D eigenvalue weighted by molar-refractivity contribution is 5.56. The van der Waals surface area contributed by atoms with Gasteiger partial charge in [-0.25, -0.2) is 0 Å². The molecule has 0 aliphatic carbocycles. The number of aromatic nitrogens is 2. The lowest BCUT2D eigenvalue weighted by Crippen LogP contribution is -2.07. The summed E-state index contributed by atoms with van der Waals surface area (Å²) in [7, 11) is 0. The highest BCUT2D eigenvalue weighted by atomic mass is 16.6. The van der Waals surface area contributed by atoms with Crippen LogP contribution in [0.25, 0.3) is 0 Å². The third-order valence-corrected chi connectivity index (χ3v) is 2.77. The van der Waals surface area contributed by atoms with Crippen molar-refractivity contribution in [2.75, 3.05) is 5.32 Å². The Kier molecular flexibility index (Phi) is 4.02. The van der Waals surface area contributed by atoms with E-state index in [9.17, 15) is 10.1 Å². The molecule has 0 saturated heterocycles. The summed E-state index contributed by atoms with van der Waals surface area (Å²) >= 11 is 0.